The van der Waals surface area contributed by atoms with E-state index < -0.39 is 5.60 Å². The SMILES string of the molecule is CC(C)[C@@H](CC(=O)OC(C)(C)C)N(C(C)C)C(C)C. The summed E-state index contributed by atoms with van der Waals surface area (Å²) in [5, 5.41) is 0. The highest BCUT2D eigenvalue weighted by molar-refractivity contribution is 5.70. The van der Waals surface area contributed by atoms with Crippen LogP contribution in [0.2, 0.25) is 0 Å². The first-order valence-corrected chi connectivity index (χ1v) is 7.45. The van der Waals surface area contributed by atoms with Crippen LogP contribution >= 0.6 is 0 Å². The molecule has 0 spiro atoms. The van der Waals surface area contributed by atoms with E-state index in [-0.39, 0.29) is 12.0 Å². The van der Waals surface area contributed by atoms with Gasteiger partial charge in [0.2, 0.25) is 0 Å². The van der Waals surface area contributed by atoms with Gasteiger partial charge in [0.15, 0.2) is 0 Å². The van der Waals surface area contributed by atoms with E-state index in [9.17, 15) is 4.79 Å². The van der Waals surface area contributed by atoms with Crippen molar-refractivity contribution in [1.82, 2.24) is 4.90 Å². The maximum Gasteiger partial charge on any atom is 0.307 e. The lowest BCUT2D eigenvalue weighted by atomic mass is 9.96. The van der Waals surface area contributed by atoms with E-state index in [2.05, 4.69) is 46.4 Å². The van der Waals surface area contributed by atoms with E-state index in [0.717, 1.165) is 0 Å². The van der Waals surface area contributed by atoms with Crippen molar-refractivity contribution in [2.75, 3.05) is 0 Å². The smallest absolute Gasteiger partial charge is 0.307 e. The minimum atomic E-state index is -0.404. The van der Waals surface area contributed by atoms with Gasteiger partial charge in [0.25, 0.3) is 0 Å². The number of hydrogen-bond donors (Lipinski definition) is 0. The number of rotatable bonds is 6. The van der Waals surface area contributed by atoms with Gasteiger partial charge in [0.1, 0.15) is 5.60 Å². The van der Waals surface area contributed by atoms with Crippen molar-refractivity contribution >= 4 is 5.97 Å². The van der Waals surface area contributed by atoms with Crippen molar-refractivity contribution in [2.45, 2.75) is 92.5 Å². The van der Waals surface area contributed by atoms with Gasteiger partial charge in [-0.25, -0.2) is 0 Å². The quantitative estimate of drug-likeness (QED) is 0.687. The molecular formula is C16H33NO2. The van der Waals surface area contributed by atoms with E-state index in [1.54, 1.807) is 0 Å². The molecule has 0 aliphatic rings. The summed E-state index contributed by atoms with van der Waals surface area (Å²) in [6, 6.07) is 1.08. The molecule has 0 aliphatic carbocycles. The van der Waals surface area contributed by atoms with Gasteiger partial charge >= 0.3 is 5.97 Å². The Balaban J connectivity index is 4.87. The lowest BCUT2D eigenvalue weighted by Crippen LogP contribution is -2.49. The van der Waals surface area contributed by atoms with Crippen molar-refractivity contribution in [2.24, 2.45) is 5.92 Å². The molecule has 0 aromatic rings. The monoisotopic (exact) mass is 271 g/mol. The summed E-state index contributed by atoms with van der Waals surface area (Å²) in [5.74, 6) is 0.329. The highest BCUT2D eigenvalue weighted by atomic mass is 16.6. The summed E-state index contributed by atoms with van der Waals surface area (Å²) in [6.07, 6.45) is 0.464. The first-order chi connectivity index (χ1) is 8.45. The molecule has 0 bridgehead atoms. The Hall–Kier alpha value is -0.570. The molecule has 0 aliphatic heterocycles. The van der Waals surface area contributed by atoms with Gasteiger partial charge in [-0.3, -0.25) is 9.69 Å². The molecule has 0 rings (SSSR count). The second kappa shape index (κ2) is 7.28. The van der Waals surface area contributed by atoms with Crippen LogP contribution in [0.4, 0.5) is 0 Å². The maximum atomic E-state index is 12.1. The first kappa shape index (κ1) is 18.4. The van der Waals surface area contributed by atoms with Crippen molar-refractivity contribution < 1.29 is 9.53 Å². The minimum absolute atomic E-state index is 0.0995. The van der Waals surface area contributed by atoms with Crippen molar-refractivity contribution in [3.63, 3.8) is 0 Å². The normalized spacial score (nSPS) is 14.6. The Kier molecular flexibility index (Phi) is 7.06. The number of carbonyl (C=O) groups excluding carboxylic acids is 1. The fraction of sp³-hybridized carbons (Fsp3) is 0.938. The standard InChI is InChI=1S/C16H33NO2/c1-11(2)14(17(12(3)4)13(5)6)10-15(18)19-16(7,8)9/h11-14H,10H2,1-9H3/t14-/m1/s1. The van der Waals surface area contributed by atoms with Crippen LogP contribution in [0, 0.1) is 5.92 Å². The Morgan fingerprint density at radius 2 is 1.42 bits per heavy atom. The molecule has 0 saturated heterocycles. The molecule has 0 heterocycles. The highest BCUT2D eigenvalue weighted by Gasteiger charge is 2.30. The number of ether oxygens (including phenoxy) is 1. The van der Waals surface area contributed by atoms with Crippen LogP contribution in [0.3, 0.4) is 0 Å². The fourth-order valence-electron chi connectivity index (χ4n) is 2.60. The molecule has 0 aromatic carbocycles. The van der Waals surface area contributed by atoms with Gasteiger partial charge in [-0.1, -0.05) is 13.8 Å². The molecule has 0 radical (unpaired) electrons. The van der Waals surface area contributed by atoms with Gasteiger partial charge in [0, 0.05) is 18.1 Å². The molecule has 0 N–H and O–H groups in total. The zero-order valence-corrected chi connectivity index (χ0v) is 14.3. The van der Waals surface area contributed by atoms with E-state index in [1.807, 2.05) is 20.8 Å². The summed E-state index contributed by atoms with van der Waals surface area (Å²) in [5.41, 5.74) is -0.404. The van der Waals surface area contributed by atoms with Crippen LogP contribution in [0.15, 0.2) is 0 Å². The molecule has 19 heavy (non-hydrogen) atoms. The van der Waals surface area contributed by atoms with Crippen LogP contribution < -0.4 is 0 Å². The Morgan fingerprint density at radius 1 is 1.00 bits per heavy atom. The Labute approximate surface area is 119 Å². The second-order valence-corrected chi connectivity index (χ2v) is 7.24. The third kappa shape index (κ3) is 6.95. The number of esters is 1. The average Bonchev–Trinajstić information content (AvgIpc) is 2.11. The predicted molar refractivity (Wildman–Crippen MR) is 81.2 cm³/mol. The van der Waals surface area contributed by atoms with E-state index in [0.29, 0.717) is 24.4 Å². The summed E-state index contributed by atoms with van der Waals surface area (Å²) < 4.78 is 5.46. The summed E-state index contributed by atoms with van der Waals surface area (Å²) in [6.45, 7) is 18.8. The topological polar surface area (TPSA) is 29.5 Å². The van der Waals surface area contributed by atoms with Crippen LogP contribution in [0.25, 0.3) is 0 Å². The maximum absolute atomic E-state index is 12.1. The predicted octanol–water partition coefficient (Wildman–Crippen LogP) is 3.86. The molecule has 3 nitrogen and oxygen atoms in total. The molecule has 114 valence electrons. The van der Waals surface area contributed by atoms with Crippen LogP contribution in [0.1, 0.15) is 68.7 Å². The third-order valence-electron chi connectivity index (χ3n) is 3.14. The van der Waals surface area contributed by atoms with Crippen LogP contribution in [-0.4, -0.2) is 34.6 Å². The van der Waals surface area contributed by atoms with E-state index in [4.69, 9.17) is 4.74 Å². The second-order valence-electron chi connectivity index (χ2n) is 7.24. The van der Waals surface area contributed by atoms with Crippen LogP contribution in [0.5, 0.6) is 0 Å². The first-order valence-electron chi connectivity index (χ1n) is 7.45. The minimum Gasteiger partial charge on any atom is -0.460 e. The Morgan fingerprint density at radius 3 is 1.68 bits per heavy atom. The van der Waals surface area contributed by atoms with Gasteiger partial charge < -0.3 is 4.74 Å². The van der Waals surface area contributed by atoms with E-state index >= 15 is 0 Å². The lowest BCUT2D eigenvalue weighted by Gasteiger charge is -2.40. The molecule has 0 amide bonds. The zero-order valence-electron chi connectivity index (χ0n) is 14.3. The molecule has 0 unspecified atom stereocenters. The van der Waals surface area contributed by atoms with Crippen LogP contribution in [-0.2, 0) is 9.53 Å². The molecule has 3 heteroatoms. The van der Waals surface area contributed by atoms with Gasteiger partial charge in [-0.2, -0.15) is 0 Å². The van der Waals surface area contributed by atoms with E-state index in [1.165, 1.54) is 0 Å². The molecule has 1 atom stereocenters. The molecule has 0 fully saturated rings. The third-order valence-corrected chi connectivity index (χ3v) is 3.14. The highest BCUT2D eigenvalue weighted by Crippen LogP contribution is 2.22. The average molecular weight is 271 g/mol. The molecular weight excluding hydrogens is 238 g/mol. The number of carbonyl (C=O) groups is 1. The van der Waals surface area contributed by atoms with Crippen molar-refractivity contribution in [1.29, 1.82) is 0 Å². The largest absolute Gasteiger partial charge is 0.460 e. The van der Waals surface area contributed by atoms with Gasteiger partial charge in [-0.15, -0.1) is 0 Å². The van der Waals surface area contributed by atoms with Crippen molar-refractivity contribution in [3.05, 3.63) is 0 Å². The summed E-state index contributed by atoms with van der Waals surface area (Å²) >= 11 is 0. The van der Waals surface area contributed by atoms with Gasteiger partial charge in [0.05, 0.1) is 6.42 Å². The number of nitrogens with zero attached hydrogens (tertiary/aromatic N) is 1. The Bertz CT molecular complexity index is 269. The molecule has 0 aromatic heterocycles. The lowest BCUT2D eigenvalue weighted by molar-refractivity contribution is -0.157. The van der Waals surface area contributed by atoms with Gasteiger partial charge in [-0.05, 0) is 54.4 Å². The summed E-state index contributed by atoms with van der Waals surface area (Å²) in [7, 11) is 0. The van der Waals surface area contributed by atoms with Crippen molar-refractivity contribution in [3.8, 4) is 0 Å². The summed E-state index contributed by atoms with van der Waals surface area (Å²) in [4.78, 5) is 14.5. The number of hydrogen-bond acceptors (Lipinski definition) is 3. The zero-order chi connectivity index (χ0) is 15.4. The molecule has 0 saturated carbocycles. The fourth-order valence-corrected chi connectivity index (χ4v) is 2.60.